The van der Waals surface area contributed by atoms with E-state index in [1.54, 1.807) is 18.2 Å². The minimum atomic E-state index is -2.87. The zero-order chi connectivity index (χ0) is 15.1. The summed E-state index contributed by atoms with van der Waals surface area (Å²) < 4.78 is 29.5. The summed E-state index contributed by atoms with van der Waals surface area (Å²) in [7, 11) is 0. The van der Waals surface area contributed by atoms with Gasteiger partial charge in [0.25, 0.3) is 0 Å². The second kappa shape index (κ2) is 7.93. The van der Waals surface area contributed by atoms with Crippen molar-refractivity contribution in [2.24, 2.45) is 10.8 Å². The molecule has 0 aliphatic heterocycles. The van der Waals surface area contributed by atoms with Crippen molar-refractivity contribution in [3.8, 4) is 5.75 Å². The van der Waals surface area contributed by atoms with Gasteiger partial charge in [0.1, 0.15) is 11.6 Å². The van der Waals surface area contributed by atoms with Crippen molar-refractivity contribution in [3.63, 3.8) is 0 Å². The van der Waals surface area contributed by atoms with Crippen LogP contribution in [0.3, 0.4) is 0 Å². The van der Waals surface area contributed by atoms with E-state index in [1.165, 1.54) is 18.9 Å². The molecule has 1 saturated carbocycles. The van der Waals surface area contributed by atoms with E-state index in [0.29, 0.717) is 11.4 Å². The minimum Gasteiger partial charge on any atom is -0.434 e. The van der Waals surface area contributed by atoms with Gasteiger partial charge in [0.2, 0.25) is 0 Å². The van der Waals surface area contributed by atoms with Gasteiger partial charge in [-0.2, -0.15) is 8.78 Å². The van der Waals surface area contributed by atoms with Crippen LogP contribution >= 0.6 is 0 Å². The maximum Gasteiger partial charge on any atom is 0.387 e. The molecule has 0 heterocycles. The van der Waals surface area contributed by atoms with Gasteiger partial charge in [-0.1, -0.05) is 37.8 Å². The molecule has 21 heavy (non-hydrogen) atoms. The Hall–Kier alpha value is -1.69. The Bertz CT molecular complexity index is 472. The summed E-state index contributed by atoms with van der Waals surface area (Å²) in [6, 6.07) is 6.72. The molecule has 3 N–H and O–H groups in total. The third-order valence-electron chi connectivity index (χ3n) is 3.63. The van der Waals surface area contributed by atoms with Crippen LogP contribution in [0.5, 0.6) is 5.75 Å². The summed E-state index contributed by atoms with van der Waals surface area (Å²) >= 11 is 0. The molecule has 1 fully saturated rings. The standard InChI is InChI=1S/C15H21F2N3O/c16-15(17)21-13-10-6-5-9-12(13)14(20-18)19-11-7-3-1-2-4-8-11/h5-6,9-11,15H,1-4,7-8,18H2,(H,19,20). The zero-order valence-electron chi connectivity index (χ0n) is 11.9. The van der Waals surface area contributed by atoms with Crippen LogP contribution in [0, 0.1) is 0 Å². The first-order valence-electron chi connectivity index (χ1n) is 7.29. The first-order chi connectivity index (χ1) is 10.2. The van der Waals surface area contributed by atoms with E-state index in [1.807, 2.05) is 0 Å². The molecule has 1 aliphatic rings. The number of hydrogen-bond acceptors (Lipinski definition) is 3. The predicted octanol–water partition coefficient (Wildman–Crippen LogP) is 3.22. The molecule has 1 aromatic rings. The maximum absolute atomic E-state index is 12.5. The van der Waals surface area contributed by atoms with E-state index in [9.17, 15) is 8.78 Å². The Kier molecular flexibility index (Phi) is 5.92. The van der Waals surface area contributed by atoms with Crippen molar-refractivity contribution in [1.82, 2.24) is 5.43 Å². The number of para-hydroxylation sites is 1. The van der Waals surface area contributed by atoms with Crippen LogP contribution < -0.4 is 16.0 Å². The van der Waals surface area contributed by atoms with Crippen molar-refractivity contribution in [2.45, 2.75) is 51.2 Å². The lowest BCUT2D eigenvalue weighted by molar-refractivity contribution is -0.0499. The molecule has 1 aliphatic carbocycles. The summed E-state index contributed by atoms with van der Waals surface area (Å²) in [6.45, 7) is -2.87. The molecule has 0 amide bonds. The molecule has 6 heteroatoms. The van der Waals surface area contributed by atoms with Gasteiger partial charge in [0.15, 0.2) is 0 Å². The smallest absolute Gasteiger partial charge is 0.387 e. The van der Waals surface area contributed by atoms with Gasteiger partial charge >= 0.3 is 6.61 Å². The number of alkyl halides is 2. The van der Waals surface area contributed by atoms with E-state index >= 15 is 0 Å². The number of nitrogens with one attached hydrogen (secondary N) is 1. The Morgan fingerprint density at radius 2 is 1.86 bits per heavy atom. The van der Waals surface area contributed by atoms with Crippen LogP contribution in [0.25, 0.3) is 0 Å². The van der Waals surface area contributed by atoms with Crippen LogP contribution in [0.1, 0.15) is 44.1 Å². The third-order valence-corrected chi connectivity index (χ3v) is 3.63. The average Bonchev–Trinajstić information content (AvgIpc) is 2.73. The lowest BCUT2D eigenvalue weighted by atomic mass is 10.1. The van der Waals surface area contributed by atoms with Crippen LogP contribution in [0.2, 0.25) is 0 Å². The number of rotatable bonds is 4. The van der Waals surface area contributed by atoms with Gasteiger partial charge in [-0.15, -0.1) is 0 Å². The van der Waals surface area contributed by atoms with Crippen LogP contribution in [-0.4, -0.2) is 18.5 Å². The van der Waals surface area contributed by atoms with Gasteiger partial charge in [0.05, 0.1) is 11.6 Å². The van der Waals surface area contributed by atoms with Crippen LogP contribution in [-0.2, 0) is 0 Å². The summed E-state index contributed by atoms with van der Waals surface area (Å²) in [5.41, 5.74) is 2.99. The second-order valence-corrected chi connectivity index (χ2v) is 5.14. The molecule has 0 atom stereocenters. The van der Waals surface area contributed by atoms with E-state index in [0.717, 1.165) is 25.7 Å². The molecule has 0 aromatic heterocycles. The van der Waals surface area contributed by atoms with Crippen molar-refractivity contribution >= 4 is 5.84 Å². The van der Waals surface area contributed by atoms with Gasteiger partial charge in [-0.25, -0.2) is 5.84 Å². The number of ether oxygens (including phenoxy) is 1. The first kappa shape index (κ1) is 15.7. The lowest BCUT2D eigenvalue weighted by Gasteiger charge is -2.15. The van der Waals surface area contributed by atoms with E-state index < -0.39 is 6.61 Å². The quantitative estimate of drug-likeness (QED) is 0.295. The molecule has 1 aromatic carbocycles. The topological polar surface area (TPSA) is 59.6 Å². The van der Waals surface area contributed by atoms with Crippen LogP contribution in [0.4, 0.5) is 8.78 Å². The number of aliphatic imine (C=N–C) groups is 1. The average molecular weight is 297 g/mol. The van der Waals surface area contributed by atoms with Crippen molar-refractivity contribution in [1.29, 1.82) is 0 Å². The molecular formula is C15H21F2N3O. The van der Waals surface area contributed by atoms with Crippen molar-refractivity contribution in [3.05, 3.63) is 29.8 Å². The molecule has 0 spiro atoms. The minimum absolute atomic E-state index is 0.0813. The fourth-order valence-corrected chi connectivity index (χ4v) is 2.62. The number of nitrogens with two attached hydrogens (primary N) is 1. The molecule has 0 saturated heterocycles. The largest absolute Gasteiger partial charge is 0.434 e. The monoisotopic (exact) mass is 297 g/mol. The molecule has 0 bridgehead atoms. The zero-order valence-corrected chi connectivity index (χ0v) is 11.9. The SMILES string of the molecule is NNC(=NC1CCCCCC1)c1ccccc1OC(F)F. The highest BCUT2D eigenvalue weighted by Crippen LogP contribution is 2.23. The normalized spacial score (nSPS) is 17.6. The number of nitrogens with zero attached hydrogens (tertiary/aromatic N) is 1. The lowest BCUT2D eigenvalue weighted by Crippen LogP contribution is -2.33. The highest BCUT2D eigenvalue weighted by atomic mass is 19.3. The predicted molar refractivity (Wildman–Crippen MR) is 78.4 cm³/mol. The Morgan fingerprint density at radius 3 is 2.48 bits per heavy atom. The summed E-state index contributed by atoms with van der Waals surface area (Å²) in [4.78, 5) is 4.61. The van der Waals surface area contributed by atoms with E-state index in [-0.39, 0.29) is 11.8 Å². The fraction of sp³-hybridized carbons (Fsp3) is 0.533. The highest BCUT2D eigenvalue weighted by molar-refractivity contribution is 6.00. The Morgan fingerprint density at radius 1 is 1.19 bits per heavy atom. The molecule has 4 nitrogen and oxygen atoms in total. The number of hydrazine groups is 1. The Balaban J connectivity index is 2.23. The van der Waals surface area contributed by atoms with E-state index in [4.69, 9.17) is 5.84 Å². The Labute approximate surface area is 123 Å². The number of benzene rings is 1. The fourth-order valence-electron chi connectivity index (χ4n) is 2.62. The van der Waals surface area contributed by atoms with Crippen LogP contribution in [0.15, 0.2) is 29.3 Å². The van der Waals surface area contributed by atoms with Gasteiger partial charge < -0.3 is 10.2 Å². The van der Waals surface area contributed by atoms with Gasteiger partial charge in [-0.05, 0) is 25.0 Å². The van der Waals surface area contributed by atoms with Gasteiger partial charge in [-0.3, -0.25) is 4.99 Å². The maximum atomic E-state index is 12.5. The number of hydrogen-bond donors (Lipinski definition) is 2. The second-order valence-electron chi connectivity index (χ2n) is 5.14. The number of amidine groups is 1. The summed E-state index contributed by atoms with van der Waals surface area (Å²) in [5.74, 6) is 6.02. The molecular weight excluding hydrogens is 276 g/mol. The third kappa shape index (κ3) is 4.67. The first-order valence-corrected chi connectivity index (χ1v) is 7.29. The molecule has 2 rings (SSSR count). The molecule has 0 unspecified atom stereocenters. The van der Waals surface area contributed by atoms with E-state index in [2.05, 4.69) is 15.2 Å². The highest BCUT2D eigenvalue weighted by Gasteiger charge is 2.16. The summed E-state index contributed by atoms with van der Waals surface area (Å²) in [5, 5.41) is 0. The summed E-state index contributed by atoms with van der Waals surface area (Å²) in [6.07, 6.45) is 6.74. The molecule has 116 valence electrons. The van der Waals surface area contributed by atoms with Gasteiger partial charge in [0, 0.05) is 0 Å². The van der Waals surface area contributed by atoms with Crippen molar-refractivity contribution < 1.29 is 13.5 Å². The van der Waals surface area contributed by atoms with Crippen molar-refractivity contribution in [2.75, 3.05) is 0 Å². The number of halogens is 2. The molecule has 0 radical (unpaired) electrons.